The van der Waals surface area contributed by atoms with Crippen molar-refractivity contribution in [1.29, 1.82) is 0 Å². The molecule has 0 aliphatic carbocycles. The summed E-state index contributed by atoms with van der Waals surface area (Å²) in [6, 6.07) is 4.84. The van der Waals surface area contributed by atoms with Crippen LogP contribution < -0.4 is 0 Å². The highest BCUT2D eigenvalue weighted by Gasteiger charge is 2.28. The van der Waals surface area contributed by atoms with E-state index in [1.165, 1.54) is 17.5 Å². The van der Waals surface area contributed by atoms with Crippen molar-refractivity contribution in [3.05, 3.63) is 18.2 Å². The molecule has 110 valence electrons. The molecule has 2 rings (SSSR count). The molecule has 0 aromatic heterocycles. The van der Waals surface area contributed by atoms with Gasteiger partial charge in [-0.3, -0.25) is 0 Å². The van der Waals surface area contributed by atoms with Crippen molar-refractivity contribution in [3.8, 4) is 0 Å². The van der Waals surface area contributed by atoms with Crippen LogP contribution in [0.4, 0.5) is 11.4 Å². The van der Waals surface area contributed by atoms with Crippen LogP contribution in [0.1, 0.15) is 0 Å². The first kappa shape index (κ1) is 15.3. The fourth-order valence-corrected chi connectivity index (χ4v) is 3.95. The van der Waals surface area contributed by atoms with Crippen molar-refractivity contribution < 1.29 is 18.3 Å². The largest absolute Gasteiger partial charge is 0.395 e. The molecule has 0 amide bonds. The predicted molar refractivity (Wildman–Crippen MR) is 75.7 cm³/mol. The zero-order valence-electron chi connectivity index (χ0n) is 10.9. The maximum atomic E-state index is 12.6. The summed E-state index contributed by atoms with van der Waals surface area (Å²) in [6.45, 7) is 0.186. The van der Waals surface area contributed by atoms with Gasteiger partial charge in [0.15, 0.2) is 0 Å². The number of aliphatic hydroxyl groups excluding tert-OH is 1. The van der Waals surface area contributed by atoms with Gasteiger partial charge < -0.3 is 9.84 Å². The van der Waals surface area contributed by atoms with Crippen LogP contribution in [0.5, 0.6) is 0 Å². The second kappa shape index (κ2) is 6.55. The third kappa shape index (κ3) is 2.96. The normalized spacial score (nSPS) is 13.6. The summed E-state index contributed by atoms with van der Waals surface area (Å²) < 4.78 is 39.4. The summed E-state index contributed by atoms with van der Waals surface area (Å²) in [5.41, 5.74) is 0.907. The van der Waals surface area contributed by atoms with E-state index >= 15 is 0 Å². The first-order valence-corrected chi connectivity index (χ1v) is 8.09. The first-order valence-electron chi connectivity index (χ1n) is 5.92. The highest BCUT2D eigenvalue weighted by molar-refractivity contribution is 7.89. The van der Waals surface area contributed by atoms with Crippen molar-refractivity contribution in [2.45, 2.75) is 4.90 Å². The number of hydrogen-bond acceptors (Lipinski definition) is 6. The summed E-state index contributed by atoms with van der Waals surface area (Å²) in [6.07, 6.45) is 0. The van der Waals surface area contributed by atoms with E-state index in [0.29, 0.717) is 11.4 Å². The molecule has 9 heteroatoms. The van der Waals surface area contributed by atoms with Crippen LogP contribution >= 0.6 is 0 Å². The van der Waals surface area contributed by atoms with Gasteiger partial charge in [0.2, 0.25) is 10.0 Å². The number of methoxy groups -OCH3 is 1. The van der Waals surface area contributed by atoms with Crippen molar-refractivity contribution in [1.82, 2.24) is 4.31 Å². The number of nitrogens with zero attached hydrogens (tertiary/aromatic N) is 3. The van der Waals surface area contributed by atoms with E-state index < -0.39 is 10.0 Å². The van der Waals surface area contributed by atoms with E-state index in [9.17, 15) is 8.42 Å². The number of ether oxygens (including phenoxy) is 1. The number of sulfonamides is 1. The number of hydrogen-bond donors (Lipinski definition) is 1. The van der Waals surface area contributed by atoms with Crippen molar-refractivity contribution >= 4 is 32.8 Å². The minimum atomic E-state index is -3.73. The fourth-order valence-electron chi connectivity index (χ4n) is 1.79. The lowest BCUT2D eigenvalue weighted by atomic mass is 10.3. The molecule has 0 bridgehead atoms. The highest BCUT2D eigenvalue weighted by Crippen LogP contribution is 2.38. The van der Waals surface area contributed by atoms with Gasteiger partial charge in [0.25, 0.3) is 0 Å². The summed E-state index contributed by atoms with van der Waals surface area (Å²) in [4.78, 5) is 0.105. The van der Waals surface area contributed by atoms with E-state index in [2.05, 4.69) is 8.73 Å². The van der Waals surface area contributed by atoms with Crippen LogP contribution in [-0.2, 0) is 26.1 Å². The predicted octanol–water partition coefficient (Wildman–Crippen LogP) is 1.04. The topological polar surface area (TPSA) is 91.6 Å². The summed E-state index contributed by atoms with van der Waals surface area (Å²) in [7, 11) is -2.24. The van der Waals surface area contributed by atoms with Gasteiger partial charge in [-0.1, -0.05) is 6.07 Å². The lowest BCUT2D eigenvalue weighted by Crippen LogP contribution is -2.36. The van der Waals surface area contributed by atoms with Crippen LogP contribution in [0, 0.1) is 0 Å². The molecular weight excluding hydrogens is 302 g/mol. The van der Waals surface area contributed by atoms with Gasteiger partial charge in [-0.05, 0) is 12.1 Å². The Bertz CT molecular complexity index is 654. The number of aliphatic hydroxyl groups is 1. The summed E-state index contributed by atoms with van der Waals surface area (Å²) in [5.74, 6) is 0. The van der Waals surface area contributed by atoms with Gasteiger partial charge in [-0.15, -0.1) is 0 Å². The third-order valence-electron chi connectivity index (χ3n) is 2.76. The minimum absolute atomic E-state index is 0.0135. The molecular formula is C11H15N3O4S2. The molecule has 0 saturated heterocycles. The molecule has 7 nitrogen and oxygen atoms in total. The van der Waals surface area contributed by atoms with Gasteiger partial charge in [-0.2, -0.15) is 13.0 Å². The Hall–Kier alpha value is -1.13. The van der Waals surface area contributed by atoms with Crippen LogP contribution in [0.25, 0.3) is 0 Å². The van der Waals surface area contributed by atoms with Crippen molar-refractivity contribution in [3.63, 3.8) is 0 Å². The van der Waals surface area contributed by atoms with Gasteiger partial charge in [-0.25, -0.2) is 8.42 Å². The average Bonchev–Trinajstić information content (AvgIpc) is 2.91. The first-order chi connectivity index (χ1) is 9.61. The monoisotopic (exact) mass is 317 g/mol. The molecule has 1 aliphatic heterocycles. The molecule has 0 fully saturated rings. The Labute approximate surface area is 121 Å². The number of fused-ring (bicyclic) bond motifs is 1. The molecule has 1 aliphatic rings. The molecule has 1 heterocycles. The Balaban J connectivity index is 2.38. The SMILES string of the molecule is COCCN(CCO)S(=O)(=O)c1cccc2c1N=S=N2. The van der Waals surface area contributed by atoms with Crippen molar-refractivity contribution in [2.24, 2.45) is 8.73 Å². The average molecular weight is 317 g/mol. The quantitative estimate of drug-likeness (QED) is 0.826. The molecule has 0 unspecified atom stereocenters. The zero-order valence-corrected chi connectivity index (χ0v) is 12.5. The van der Waals surface area contributed by atoms with Gasteiger partial charge in [0, 0.05) is 20.2 Å². The lowest BCUT2D eigenvalue weighted by molar-refractivity contribution is 0.168. The third-order valence-corrected chi connectivity index (χ3v) is 5.23. The lowest BCUT2D eigenvalue weighted by Gasteiger charge is -2.21. The summed E-state index contributed by atoms with van der Waals surface area (Å²) >= 11 is 0.969. The van der Waals surface area contributed by atoms with E-state index in [1.807, 2.05) is 0 Å². The van der Waals surface area contributed by atoms with Gasteiger partial charge in [0.05, 0.1) is 24.6 Å². The van der Waals surface area contributed by atoms with Gasteiger partial charge >= 0.3 is 0 Å². The Morgan fingerprint density at radius 1 is 1.35 bits per heavy atom. The zero-order chi connectivity index (χ0) is 14.6. The molecule has 20 heavy (non-hydrogen) atoms. The standard InChI is InChI=1S/C11H15N3O4S2/c1-18-8-6-14(5-7-15)20(16,17)10-4-2-3-9-11(10)13-19-12-9/h2-4,15H,5-8H2,1H3. The van der Waals surface area contributed by atoms with E-state index in [1.54, 1.807) is 12.1 Å². The van der Waals surface area contributed by atoms with Crippen molar-refractivity contribution in [2.75, 3.05) is 33.4 Å². The van der Waals surface area contributed by atoms with Crippen LogP contribution in [0.2, 0.25) is 0 Å². The molecule has 0 radical (unpaired) electrons. The maximum absolute atomic E-state index is 12.6. The molecule has 1 N–H and O–H groups in total. The number of rotatable bonds is 7. The number of benzene rings is 1. The van der Waals surface area contributed by atoms with E-state index in [0.717, 1.165) is 11.4 Å². The molecule has 1 aromatic rings. The Morgan fingerprint density at radius 3 is 2.85 bits per heavy atom. The van der Waals surface area contributed by atoms with Crippen LogP contribution in [-0.4, -0.2) is 51.2 Å². The van der Waals surface area contributed by atoms with Crippen LogP contribution in [0.3, 0.4) is 0 Å². The Kier molecular flexibility index (Phi) is 5.00. The smallest absolute Gasteiger partial charge is 0.245 e. The van der Waals surface area contributed by atoms with Crippen LogP contribution in [0.15, 0.2) is 31.8 Å². The Morgan fingerprint density at radius 2 is 2.15 bits per heavy atom. The molecule has 0 atom stereocenters. The molecule has 0 spiro atoms. The second-order valence-electron chi connectivity index (χ2n) is 4.01. The minimum Gasteiger partial charge on any atom is -0.395 e. The van der Waals surface area contributed by atoms with Gasteiger partial charge in [0.1, 0.15) is 16.3 Å². The highest BCUT2D eigenvalue weighted by atomic mass is 32.2. The molecule has 1 aromatic carbocycles. The van der Waals surface area contributed by atoms with E-state index in [-0.39, 0.29) is 31.2 Å². The molecule has 0 saturated carbocycles. The summed E-state index contributed by atoms with van der Waals surface area (Å²) in [5, 5.41) is 9.05. The van der Waals surface area contributed by atoms with E-state index in [4.69, 9.17) is 9.84 Å². The fraction of sp³-hybridized carbons (Fsp3) is 0.455. The second-order valence-corrected chi connectivity index (χ2v) is 6.44. The maximum Gasteiger partial charge on any atom is 0.245 e.